The van der Waals surface area contributed by atoms with Crippen LogP contribution in [0, 0.1) is 5.92 Å². The van der Waals surface area contributed by atoms with Crippen molar-refractivity contribution in [2.75, 3.05) is 11.9 Å². The molecular formula is C16H22BrN3O3. The van der Waals surface area contributed by atoms with E-state index in [1.165, 1.54) is 4.90 Å². The fourth-order valence-corrected chi connectivity index (χ4v) is 2.85. The predicted molar refractivity (Wildman–Crippen MR) is 91.1 cm³/mol. The zero-order valence-electron chi connectivity index (χ0n) is 13.8. The summed E-state index contributed by atoms with van der Waals surface area (Å²) >= 11 is 3.27. The summed E-state index contributed by atoms with van der Waals surface area (Å²) in [5, 5.41) is 2.76. The molecule has 126 valence electrons. The molecule has 1 aliphatic heterocycles. The monoisotopic (exact) mass is 383 g/mol. The number of aromatic nitrogens is 1. The van der Waals surface area contributed by atoms with Crippen molar-refractivity contribution in [3.63, 3.8) is 0 Å². The quantitative estimate of drug-likeness (QED) is 0.794. The highest BCUT2D eigenvalue weighted by Crippen LogP contribution is 2.26. The first-order valence-corrected chi connectivity index (χ1v) is 8.38. The first-order valence-electron chi connectivity index (χ1n) is 7.59. The van der Waals surface area contributed by atoms with Crippen LogP contribution in [0.25, 0.3) is 0 Å². The molecule has 6 nitrogen and oxygen atoms in total. The third kappa shape index (κ3) is 4.92. The third-order valence-electron chi connectivity index (χ3n) is 3.41. The van der Waals surface area contributed by atoms with Gasteiger partial charge in [0.2, 0.25) is 5.91 Å². The lowest BCUT2D eigenvalue weighted by Gasteiger charge is -2.28. The van der Waals surface area contributed by atoms with E-state index in [0.717, 1.165) is 0 Å². The van der Waals surface area contributed by atoms with E-state index < -0.39 is 17.7 Å². The molecule has 0 aromatic carbocycles. The molecule has 7 heteroatoms. The van der Waals surface area contributed by atoms with Gasteiger partial charge in [-0.15, -0.1) is 0 Å². The number of hydrogen-bond acceptors (Lipinski definition) is 4. The van der Waals surface area contributed by atoms with E-state index in [-0.39, 0.29) is 11.8 Å². The average Bonchev–Trinajstić information content (AvgIpc) is 2.79. The summed E-state index contributed by atoms with van der Waals surface area (Å²) in [6.07, 6.45) is 0.156. The number of carbonyl (C=O) groups is 2. The lowest BCUT2D eigenvalue weighted by Crippen LogP contribution is -2.45. The van der Waals surface area contributed by atoms with E-state index in [9.17, 15) is 9.59 Å². The molecule has 1 saturated heterocycles. The van der Waals surface area contributed by atoms with Crippen molar-refractivity contribution >= 4 is 33.7 Å². The number of likely N-dealkylation sites (tertiary alicyclic amines) is 1. The number of halogens is 1. The Morgan fingerprint density at radius 1 is 1.39 bits per heavy atom. The van der Waals surface area contributed by atoms with Crippen molar-refractivity contribution in [3.05, 3.63) is 22.8 Å². The molecule has 1 aromatic heterocycles. The van der Waals surface area contributed by atoms with Gasteiger partial charge in [-0.25, -0.2) is 9.78 Å². The molecule has 0 saturated carbocycles. The van der Waals surface area contributed by atoms with Crippen molar-refractivity contribution in [1.29, 1.82) is 0 Å². The Kier molecular flexibility index (Phi) is 5.29. The van der Waals surface area contributed by atoms with Crippen molar-refractivity contribution < 1.29 is 14.3 Å². The van der Waals surface area contributed by atoms with Gasteiger partial charge in [-0.2, -0.15) is 0 Å². The standard InChI is InChI=1S/C16H22BrN3O3/c1-10-8-11(20(9-10)15(22)23-16(2,3)4)14(21)19-13-7-5-6-12(17)18-13/h5-7,10-11H,8-9H2,1-4H3,(H,18,19,21)/t10-,11-/m0/s1. The molecule has 0 bridgehead atoms. The number of carbonyl (C=O) groups excluding carboxylic acids is 2. The van der Waals surface area contributed by atoms with Crippen LogP contribution in [0.2, 0.25) is 0 Å². The fourth-order valence-electron chi connectivity index (χ4n) is 2.50. The Labute approximate surface area is 144 Å². The van der Waals surface area contributed by atoms with Gasteiger partial charge in [0.1, 0.15) is 22.1 Å². The Morgan fingerprint density at radius 2 is 2.09 bits per heavy atom. The molecule has 1 fully saturated rings. The fraction of sp³-hybridized carbons (Fsp3) is 0.562. The second kappa shape index (κ2) is 6.86. The highest BCUT2D eigenvalue weighted by Gasteiger charge is 2.39. The van der Waals surface area contributed by atoms with Gasteiger partial charge in [0.25, 0.3) is 0 Å². The molecular weight excluding hydrogens is 362 g/mol. The minimum absolute atomic E-state index is 0.244. The maximum atomic E-state index is 12.5. The van der Waals surface area contributed by atoms with Crippen LogP contribution in [0.5, 0.6) is 0 Å². The summed E-state index contributed by atoms with van der Waals surface area (Å²) in [6.45, 7) is 7.96. The molecule has 2 atom stereocenters. The number of ether oxygens (including phenoxy) is 1. The van der Waals surface area contributed by atoms with Crippen molar-refractivity contribution in [3.8, 4) is 0 Å². The SMILES string of the molecule is C[C@H]1C[C@@H](C(=O)Nc2cccc(Br)n2)N(C(=O)OC(C)(C)C)C1. The van der Waals surface area contributed by atoms with Crippen LogP contribution in [0.3, 0.4) is 0 Å². The normalized spacial score (nSPS) is 21.2. The predicted octanol–water partition coefficient (Wildman–Crippen LogP) is 3.43. The van der Waals surface area contributed by atoms with E-state index in [2.05, 4.69) is 26.2 Å². The molecule has 2 rings (SSSR count). The summed E-state index contributed by atoms with van der Waals surface area (Å²) < 4.78 is 6.04. The number of amides is 2. The van der Waals surface area contributed by atoms with Crippen LogP contribution < -0.4 is 5.32 Å². The highest BCUT2D eigenvalue weighted by molar-refractivity contribution is 9.10. The molecule has 23 heavy (non-hydrogen) atoms. The van der Waals surface area contributed by atoms with Gasteiger partial charge >= 0.3 is 6.09 Å². The van der Waals surface area contributed by atoms with Crippen LogP contribution in [-0.2, 0) is 9.53 Å². The largest absolute Gasteiger partial charge is 0.444 e. The van der Waals surface area contributed by atoms with Crippen LogP contribution in [0.4, 0.5) is 10.6 Å². The van der Waals surface area contributed by atoms with Gasteiger partial charge in [-0.3, -0.25) is 9.69 Å². The maximum Gasteiger partial charge on any atom is 0.410 e. The molecule has 0 radical (unpaired) electrons. The van der Waals surface area contributed by atoms with Crippen molar-refractivity contribution in [2.24, 2.45) is 5.92 Å². The van der Waals surface area contributed by atoms with E-state index >= 15 is 0 Å². The molecule has 0 spiro atoms. The smallest absolute Gasteiger partial charge is 0.410 e. The molecule has 2 amide bonds. The third-order valence-corrected chi connectivity index (χ3v) is 3.85. The minimum atomic E-state index is -0.588. The molecule has 0 aliphatic carbocycles. The summed E-state index contributed by atoms with van der Waals surface area (Å²) in [7, 11) is 0. The van der Waals surface area contributed by atoms with Crippen molar-refractivity contribution in [2.45, 2.75) is 45.8 Å². The van der Waals surface area contributed by atoms with E-state index in [1.807, 2.05) is 27.7 Å². The summed E-state index contributed by atoms with van der Waals surface area (Å²) in [5.41, 5.74) is -0.588. The topological polar surface area (TPSA) is 71.5 Å². The lowest BCUT2D eigenvalue weighted by atomic mass is 10.1. The lowest BCUT2D eigenvalue weighted by molar-refractivity contribution is -0.120. The number of rotatable bonds is 2. The number of nitrogens with one attached hydrogen (secondary N) is 1. The number of hydrogen-bond donors (Lipinski definition) is 1. The Morgan fingerprint density at radius 3 is 2.70 bits per heavy atom. The van der Waals surface area contributed by atoms with Crippen molar-refractivity contribution in [1.82, 2.24) is 9.88 Å². The van der Waals surface area contributed by atoms with Gasteiger partial charge < -0.3 is 10.1 Å². The van der Waals surface area contributed by atoms with Crippen LogP contribution in [0.1, 0.15) is 34.1 Å². The molecule has 1 N–H and O–H groups in total. The van der Waals surface area contributed by atoms with Gasteiger partial charge in [-0.05, 0) is 61.2 Å². The van der Waals surface area contributed by atoms with E-state index in [0.29, 0.717) is 23.4 Å². The second-order valence-corrected chi connectivity index (χ2v) is 7.64. The first kappa shape index (κ1) is 17.7. The molecule has 2 heterocycles. The second-order valence-electron chi connectivity index (χ2n) is 6.82. The Bertz CT molecular complexity index is 600. The summed E-state index contributed by atoms with van der Waals surface area (Å²) in [6, 6.07) is 4.73. The maximum absolute atomic E-state index is 12.5. The summed E-state index contributed by atoms with van der Waals surface area (Å²) in [5.74, 6) is 0.451. The molecule has 0 unspecified atom stereocenters. The van der Waals surface area contributed by atoms with E-state index in [4.69, 9.17) is 4.74 Å². The number of nitrogens with zero attached hydrogens (tertiary/aromatic N) is 2. The highest BCUT2D eigenvalue weighted by atomic mass is 79.9. The van der Waals surface area contributed by atoms with E-state index in [1.54, 1.807) is 18.2 Å². The molecule has 1 aromatic rings. The van der Waals surface area contributed by atoms with Gasteiger partial charge in [-0.1, -0.05) is 13.0 Å². The van der Waals surface area contributed by atoms with Crippen LogP contribution in [0.15, 0.2) is 22.8 Å². The van der Waals surface area contributed by atoms with Gasteiger partial charge in [0.15, 0.2) is 0 Å². The summed E-state index contributed by atoms with van der Waals surface area (Å²) in [4.78, 5) is 30.6. The Balaban J connectivity index is 2.09. The minimum Gasteiger partial charge on any atom is -0.444 e. The average molecular weight is 384 g/mol. The van der Waals surface area contributed by atoms with Gasteiger partial charge in [0, 0.05) is 6.54 Å². The van der Waals surface area contributed by atoms with Crippen LogP contribution in [-0.4, -0.2) is 40.1 Å². The number of pyridine rings is 1. The zero-order chi connectivity index (χ0) is 17.2. The molecule has 1 aliphatic rings. The number of anilines is 1. The van der Waals surface area contributed by atoms with Crippen LogP contribution >= 0.6 is 15.9 Å². The Hall–Kier alpha value is -1.63. The van der Waals surface area contributed by atoms with Gasteiger partial charge in [0.05, 0.1) is 0 Å². The first-order chi connectivity index (χ1) is 10.7. The zero-order valence-corrected chi connectivity index (χ0v) is 15.4.